The van der Waals surface area contributed by atoms with Crippen molar-refractivity contribution < 1.29 is 4.39 Å². The third-order valence-corrected chi connectivity index (χ3v) is 4.35. The SMILES string of the molecule is CCNC(=NCCCCN1CCCC1)N(C)Cc1cccc(F)c1.I. The number of hydrogen-bond donors (Lipinski definition) is 1. The van der Waals surface area contributed by atoms with Gasteiger partial charge in [0, 0.05) is 26.7 Å². The molecule has 6 heteroatoms. The van der Waals surface area contributed by atoms with Crippen LogP contribution in [0, 0.1) is 5.82 Å². The molecule has 25 heavy (non-hydrogen) atoms. The molecule has 0 radical (unpaired) electrons. The maximum Gasteiger partial charge on any atom is 0.193 e. The largest absolute Gasteiger partial charge is 0.357 e. The Bertz CT molecular complexity index is 518. The molecule has 1 N–H and O–H groups in total. The minimum Gasteiger partial charge on any atom is -0.357 e. The number of guanidine groups is 1. The van der Waals surface area contributed by atoms with Gasteiger partial charge in [-0.1, -0.05) is 12.1 Å². The summed E-state index contributed by atoms with van der Waals surface area (Å²) in [7, 11) is 2.00. The lowest BCUT2D eigenvalue weighted by molar-refractivity contribution is 0.331. The number of likely N-dealkylation sites (tertiary alicyclic amines) is 1. The highest BCUT2D eigenvalue weighted by molar-refractivity contribution is 14.0. The van der Waals surface area contributed by atoms with Gasteiger partial charge in [-0.05, 0) is 69.9 Å². The van der Waals surface area contributed by atoms with Crippen LogP contribution in [0.15, 0.2) is 29.3 Å². The summed E-state index contributed by atoms with van der Waals surface area (Å²) in [5, 5.41) is 3.32. The van der Waals surface area contributed by atoms with Crippen molar-refractivity contribution in [2.24, 2.45) is 4.99 Å². The van der Waals surface area contributed by atoms with E-state index in [-0.39, 0.29) is 29.8 Å². The normalized spacial score (nSPS) is 15.1. The van der Waals surface area contributed by atoms with Gasteiger partial charge >= 0.3 is 0 Å². The molecule has 4 nitrogen and oxygen atoms in total. The highest BCUT2D eigenvalue weighted by atomic mass is 127. The van der Waals surface area contributed by atoms with Crippen molar-refractivity contribution in [2.75, 3.05) is 39.8 Å². The van der Waals surface area contributed by atoms with Crippen molar-refractivity contribution in [3.05, 3.63) is 35.6 Å². The summed E-state index contributed by atoms with van der Waals surface area (Å²) in [6.07, 6.45) is 5.02. The number of nitrogens with zero attached hydrogens (tertiary/aromatic N) is 3. The van der Waals surface area contributed by atoms with E-state index in [0.29, 0.717) is 6.54 Å². The molecule has 0 aliphatic carbocycles. The van der Waals surface area contributed by atoms with Crippen molar-refractivity contribution in [1.82, 2.24) is 15.1 Å². The van der Waals surface area contributed by atoms with Crippen LogP contribution in [0.5, 0.6) is 0 Å². The smallest absolute Gasteiger partial charge is 0.193 e. The van der Waals surface area contributed by atoms with Crippen LogP contribution in [0.2, 0.25) is 0 Å². The monoisotopic (exact) mass is 462 g/mol. The first kappa shape index (κ1) is 22.2. The lowest BCUT2D eigenvalue weighted by Crippen LogP contribution is -2.38. The van der Waals surface area contributed by atoms with Gasteiger partial charge in [0.1, 0.15) is 5.82 Å². The fourth-order valence-electron chi connectivity index (χ4n) is 3.09. The fraction of sp³-hybridized carbons (Fsp3) is 0.632. The van der Waals surface area contributed by atoms with Crippen molar-refractivity contribution >= 4 is 29.9 Å². The first-order valence-corrected chi connectivity index (χ1v) is 9.15. The predicted molar refractivity (Wildman–Crippen MR) is 114 cm³/mol. The van der Waals surface area contributed by atoms with Gasteiger partial charge in [-0.25, -0.2) is 4.39 Å². The molecule has 1 aliphatic rings. The molecule has 1 aliphatic heterocycles. The molecule has 1 aromatic carbocycles. The van der Waals surface area contributed by atoms with Crippen LogP contribution >= 0.6 is 24.0 Å². The lowest BCUT2D eigenvalue weighted by atomic mass is 10.2. The molecule has 0 aromatic heterocycles. The van der Waals surface area contributed by atoms with Crippen LogP contribution in [0.25, 0.3) is 0 Å². The Morgan fingerprint density at radius 3 is 2.72 bits per heavy atom. The zero-order valence-corrected chi connectivity index (χ0v) is 17.8. The summed E-state index contributed by atoms with van der Waals surface area (Å²) in [6.45, 7) is 8.12. The Balaban J connectivity index is 0.00000312. The number of halogens is 2. The van der Waals surface area contributed by atoms with E-state index in [1.807, 2.05) is 13.1 Å². The van der Waals surface area contributed by atoms with E-state index >= 15 is 0 Å². The molecular weight excluding hydrogens is 430 g/mol. The number of nitrogens with one attached hydrogen (secondary N) is 1. The molecule has 2 rings (SSSR count). The number of unbranched alkanes of at least 4 members (excludes halogenated alkanes) is 1. The van der Waals surface area contributed by atoms with Gasteiger partial charge < -0.3 is 15.1 Å². The fourth-order valence-corrected chi connectivity index (χ4v) is 3.09. The van der Waals surface area contributed by atoms with Crippen molar-refractivity contribution in [2.45, 2.75) is 39.2 Å². The van der Waals surface area contributed by atoms with Gasteiger partial charge in [0.15, 0.2) is 5.96 Å². The van der Waals surface area contributed by atoms with Crippen molar-refractivity contribution in [3.8, 4) is 0 Å². The number of hydrogen-bond acceptors (Lipinski definition) is 2. The van der Waals surface area contributed by atoms with Crippen molar-refractivity contribution in [1.29, 1.82) is 0 Å². The number of rotatable bonds is 8. The van der Waals surface area contributed by atoms with Crippen LogP contribution in [0.4, 0.5) is 4.39 Å². The first-order valence-electron chi connectivity index (χ1n) is 9.15. The molecule has 0 atom stereocenters. The standard InChI is InChI=1S/C19H31FN4.HI/c1-3-21-19(22-11-4-5-12-24-13-6-7-14-24)23(2)16-17-9-8-10-18(20)15-17;/h8-10,15H,3-7,11-14,16H2,1-2H3,(H,21,22);1H. The predicted octanol–water partition coefficient (Wildman–Crippen LogP) is 3.72. The minimum atomic E-state index is -0.190. The van der Waals surface area contributed by atoms with E-state index in [2.05, 4.69) is 22.0 Å². The summed E-state index contributed by atoms with van der Waals surface area (Å²) in [5.41, 5.74) is 0.956. The average Bonchev–Trinajstić information content (AvgIpc) is 3.07. The third-order valence-electron chi connectivity index (χ3n) is 4.35. The second-order valence-corrected chi connectivity index (χ2v) is 6.48. The Morgan fingerprint density at radius 1 is 1.28 bits per heavy atom. The second-order valence-electron chi connectivity index (χ2n) is 6.48. The summed E-state index contributed by atoms with van der Waals surface area (Å²) in [6, 6.07) is 6.75. The lowest BCUT2D eigenvalue weighted by Gasteiger charge is -2.22. The number of benzene rings is 1. The minimum absolute atomic E-state index is 0. The van der Waals surface area contributed by atoms with E-state index in [9.17, 15) is 4.39 Å². The molecule has 0 amide bonds. The van der Waals surface area contributed by atoms with Gasteiger partial charge in [0.2, 0.25) is 0 Å². The molecule has 0 bridgehead atoms. The molecule has 0 saturated carbocycles. The molecule has 1 fully saturated rings. The quantitative estimate of drug-likeness (QED) is 0.277. The Hall–Kier alpha value is -0.890. The van der Waals surface area contributed by atoms with Crippen molar-refractivity contribution in [3.63, 3.8) is 0 Å². The second kappa shape index (κ2) is 12.5. The summed E-state index contributed by atoms with van der Waals surface area (Å²) >= 11 is 0. The molecule has 1 aromatic rings. The highest BCUT2D eigenvalue weighted by Crippen LogP contribution is 2.09. The molecule has 142 valence electrons. The molecular formula is C19H32FIN4. The van der Waals surface area contributed by atoms with Crippen LogP contribution in [0.3, 0.4) is 0 Å². The van der Waals surface area contributed by atoms with Gasteiger partial charge in [-0.15, -0.1) is 24.0 Å². The number of aliphatic imine (C=N–C) groups is 1. The van der Waals surface area contributed by atoms with Crippen LogP contribution in [0.1, 0.15) is 38.2 Å². The van der Waals surface area contributed by atoms with E-state index in [0.717, 1.165) is 31.0 Å². The van der Waals surface area contributed by atoms with Gasteiger partial charge in [0.05, 0.1) is 0 Å². The van der Waals surface area contributed by atoms with Crippen LogP contribution in [-0.2, 0) is 6.54 Å². The summed E-state index contributed by atoms with van der Waals surface area (Å²) in [4.78, 5) is 9.32. The maximum absolute atomic E-state index is 13.3. The first-order chi connectivity index (χ1) is 11.7. The Morgan fingerprint density at radius 2 is 2.04 bits per heavy atom. The molecule has 1 heterocycles. The molecule has 1 saturated heterocycles. The Labute approximate surface area is 168 Å². The Kier molecular flexibility index (Phi) is 11.0. The third kappa shape index (κ3) is 8.35. The van der Waals surface area contributed by atoms with Crippen LogP contribution in [-0.4, -0.2) is 55.5 Å². The van der Waals surface area contributed by atoms with Gasteiger partial charge in [-0.2, -0.15) is 0 Å². The topological polar surface area (TPSA) is 30.9 Å². The zero-order valence-electron chi connectivity index (χ0n) is 15.5. The molecule has 0 spiro atoms. The van der Waals surface area contributed by atoms with E-state index in [1.165, 1.54) is 45.0 Å². The molecule has 0 unspecified atom stereocenters. The highest BCUT2D eigenvalue weighted by Gasteiger charge is 2.10. The van der Waals surface area contributed by atoms with Crippen LogP contribution < -0.4 is 5.32 Å². The van der Waals surface area contributed by atoms with E-state index in [4.69, 9.17) is 4.99 Å². The average molecular weight is 462 g/mol. The zero-order chi connectivity index (χ0) is 17.2. The summed E-state index contributed by atoms with van der Waals surface area (Å²) < 4.78 is 13.3. The van der Waals surface area contributed by atoms with E-state index < -0.39 is 0 Å². The summed E-state index contributed by atoms with van der Waals surface area (Å²) in [5.74, 6) is 0.702. The van der Waals surface area contributed by atoms with Gasteiger partial charge in [0.25, 0.3) is 0 Å². The van der Waals surface area contributed by atoms with E-state index in [1.54, 1.807) is 12.1 Å². The maximum atomic E-state index is 13.3. The van der Waals surface area contributed by atoms with Gasteiger partial charge in [-0.3, -0.25) is 4.99 Å².